The first-order valence-electron chi connectivity index (χ1n) is 5.03. The van der Waals surface area contributed by atoms with E-state index in [2.05, 4.69) is 48.0 Å². The molecule has 0 atom stereocenters. The van der Waals surface area contributed by atoms with E-state index < -0.39 is 0 Å². The summed E-state index contributed by atoms with van der Waals surface area (Å²) >= 11 is 8.04. The minimum atomic E-state index is 0.836. The van der Waals surface area contributed by atoms with E-state index in [4.69, 9.17) is 4.74 Å². The third-order valence-corrected chi connectivity index (χ3v) is 2.28. The van der Waals surface area contributed by atoms with Crippen LogP contribution in [0.1, 0.15) is 25.8 Å². The van der Waals surface area contributed by atoms with E-state index in [1.54, 1.807) is 13.2 Å². The quantitative estimate of drug-likeness (QED) is 0.667. The SMILES string of the molecule is C=Cc1cccc(OC)c1Br.CCC.CCl. The van der Waals surface area contributed by atoms with Crippen molar-refractivity contribution in [2.75, 3.05) is 13.5 Å². The number of methoxy groups -OCH3 is 1. The molecular weight excluding hydrogens is 287 g/mol. The highest BCUT2D eigenvalue weighted by Gasteiger charge is 2.00. The molecule has 0 spiro atoms. The molecule has 0 heterocycles. The first-order valence-corrected chi connectivity index (χ1v) is 6.58. The maximum Gasteiger partial charge on any atom is 0.133 e. The molecule has 0 radical (unpaired) electrons. The van der Waals surface area contributed by atoms with E-state index in [0.717, 1.165) is 15.8 Å². The Hall–Kier alpha value is -0.470. The van der Waals surface area contributed by atoms with Crippen LogP contribution in [0.15, 0.2) is 29.3 Å². The van der Waals surface area contributed by atoms with Gasteiger partial charge in [-0.1, -0.05) is 45.1 Å². The van der Waals surface area contributed by atoms with Gasteiger partial charge in [0, 0.05) is 6.38 Å². The van der Waals surface area contributed by atoms with Crippen molar-refractivity contribution in [1.82, 2.24) is 0 Å². The highest BCUT2D eigenvalue weighted by atomic mass is 79.9. The lowest BCUT2D eigenvalue weighted by Gasteiger charge is -2.04. The molecule has 92 valence electrons. The molecule has 0 saturated heterocycles. The molecular formula is C13H20BrClO. The number of benzene rings is 1. The van der Waals surface area contributed by atoms with E-state index in [-0.39, 0.29) is 0 Å². The Morgan fingerprint density at radius 2 is 1.88 bits per heavy atom. The molecule has 0 bridgehead atoms. The molecule has 0 amide bonds. The van der Waals surface area contributed by atoms with Crippen molar-refractivity contribution in [2.45, 2.75) is 20.3 Å². The summed E-state index contributed by atoms with van der Waals surface area (Å²) in [7, 11) is 1.65. The van der Waals surface area contributed by atoms with Gasteiger partial charge in [-0.2, -0.15) is 0 Å². The predicted octanol–water partition coefficient (Wildman–Crippen LogP) is 5.37. The van der Waals surface area contributed by atoms with Crippen molar-refractivity contribution >= 4 is 33.6 Å². The topological polar surface area (TPSA) is 9.23 Å². The van der Waals surface area contributed by atoms with Gasteiger partial charge >= 0.3 is 0 Å². The molecule has 1 rings (SSSR count). The Kier molecular flexibility index (Phi) is 14.1. The van der Waals surface area contributed by atoms with Gasteiger partial charge in [0.2, 0.25) is 0 Å². The standard InChI is InChI=1S/C9H9BrO.C3H8.CH3Cl/c1-3-7-5-4-6-8(11-2)9(7)10;1-3-2;1-2/h3-6H,1H2,2H3;3H2,1-2H3;1H3. The maximum absolute atomic E-state index is 5.09. The van der Waals surface area contributed by atoms with Crippen LogP contribution < -0.4 is 4.74 Å². The van der Waals surface area contributed by atoms with Crippen LogP contribution in [0.3, 0.4) is 0 Å². The molecule has 1 nitrogen and oxygen atoms in total. The summed E-state index contributed by atoms with van der Waals surface area (Å²) in [6.07, 6.45) is 4.51. The Bertz CT molecular complexity index is 287. The van der Waals surface area contributed by atoms with E-state index in [1.807, 2.05) is 18.2 Å². The number of hydrogen-bond donors (Lipinski definition) is 0. The molecule has 0 N–H and O–H groups in total. The monoisotopic (exact) mass is 306 g/mol. The van der Waals surface area contributed by atoms with Gasteiger partial charge in [0.05, 0.1) is 11.6 Å². The van der Waals surface area contributed by atoms with Crippen LogP contribution in [-0.2, 0) is 0 Å². The molecule has 0 aromatic heterocycles. The zero-order valence-electron chi connectivity index (χ0n) is 10.4. The Morgan fingerprint density at radius 3 is 2.25 bits per heavy atom. The summed E-state index contributed by atoms with van der Waals surface area (Å²) in [6, 6.07) is 5.80. The van der Waals surface area contributed by atoms with Gasteiger partial charge in [-0.25, -0.2) is 0 Å². The minimum Gasteiger partial charge on any atom is -0.496 e. The molecule has 0 aliphatic rings. The second kappa shape index (κ2) is 12.6. The van der Waals surface area contributed by atoms with Crippen molar-refractivity contribution in [3.8, 4) is 5.75 Å². The first-order chi connectivity index (χ1) is 7.71. The fourth-order valence-electron chi connectivity index (χ4n) is 0.843. The Morgan fingerprint density at radius 1 is 1.38 bits per heavy atom. The molecule has 1 aromatic rings. The predicted molar refractivity (Wildman–Crippen MR) is 78.5 cm³/mol. The smallest absolute Gasteiger partial charge is 0.133 e. The molecule has 16 heavy (non-hydrogen) atoms. The summed E-state index contributed by atoms with van der Waals surface area (Å²) < 4.78 is 6.05. The van der Waals surface area contributed by atoms with Gasteiger partial charge in [-0.05, 0) is 27.6 Å². The van der Waals surface area contributed by atoms with Crippen molar-refractivity contribution in [3.05, 3.63) is 34.8 Å². The largest absolute Gasteiger partial charge is 0.496 e. The highest BCUT2D eigenvalue weighted by molar-refractivity contribution is 9.10. The van der Waals surface area contributed by atoms with Crippen LogP contribution in [0.5, 0.6) is 5.75 Å². The number of ether oxygens (including phenoxy) is 1. The normalized spacial score (nSPS) is 7.88. The number of rotatable bonds is 2. The summed E-state index contributed by atoms with van der Waals surface area (Å²) in [5.41, 5.74) is 1.05. The van der Waals surface area contributed by atoms with E-state index in [0.29, 0.717) is 0 Å². The third-order valence-electron chi connectivity index (χ3n) is 1.43. The maximum atomic E-state index is 5.09. The van der Waals surface area contributed by atoms with Crippen LogP contribution in [0, 0.1) is 0 Å². The molecule has 0 unspecified atom stereocenters. The molecule has 0 aliphatic carbocycles. The highest BCUT2D eigenvalue weighted by Crippen LogP contribution is 2.28. The summed E-state index contributed by atoms with van der Waals surface area (Å²) in [4.78, 5) is 0. The molecule has 0 aliphatic heterocycles. The second-order valence-corrected chi connectivity index (χ2v) is 3.57. The van der Waals surface area contributed by atoms with Gasteiger partial charge in [0.15, 0.2) is 0 Å². The van der Waals surface area contributed by atoms with Crippen molar-refractivity contribution < 1.29 is 4.74 Å². The van der Waals surface area contributed by atoms with Crippen molar-refractivity contribution in [3.63, 3.8) is 0 Å². The van der Waals surface area contributed by atoms with E-state index in [9.17, 15) is 0 Å². The summed E-state index contributed by atoms with van der Waals surface area (Å²) in [5, 5.41) is 0. The number of alkyl halides is 1. The summed E-state index contributed by atoms with van der Waals surface area (Å²) in [5.74, 6) is 0.836. The average molecular weight is 308 g/mol. The molecule has 1 aromatic carbocycles. The van der Waals surface area contributed by atoms with Crippen LogP contribution in [-0.4, -0.2) is 13.5 Å². The van der Waals surface area contributed by atoms with E-state index >= 15 is 0 Å². The minimum absolute atomic E-state index is 0.836. The van der Waals surface area contributed by atoms with Crippen LogP contribution in [0.2, 0.25) is 0 Å². The lowest BCUT2D eigenvalue weighted by atomic mass is 10.2. The van der Waals surface area contributed by atoms with Crippen molar-refractivity contribution in [2.24, 2.45) is 0 Å². The zero-order valence-corrected chi connectivity index (χ0v) is 12.7. The molecule has 3 heteroatoms. The van der Waals surface area contributed by atoms with Crippen LogP contribution in [0.25, 0.3) is 6.08 Å². The lowest BCUT2D eigenvalue weighted by molar-refractivity contribution is 0.412. The van der Waals surface area contributed by atoms with Crippen LogP contribution >= 0.6 is 27.5 Å². The lowest BCUT2D eigenvalue weighted by Crippen LogP contribution is -1.85. The van der Waals surface area contributed by atoms with Gasteiger partial charge in [0.25, 0.3) is 0 Å². The number of halogens is 2. The first kappa shape index (κ1) is 17.9. The van der Waals surface area contributed by atoms with Crippen molar-refractivity contribution in [1.29, 1.82) is 0 Å². The fourth-order valence-corrected chi connectivity index (χ4v) is 1.43. The van der Waals surface area contributed by atoms with Crippen LogP contribution in [0.4, 0.5) is 0 Å². The van der Waals surface area contributed by atoms with Gasteiger partial charge in [-0.15, -0.1) is 11.6 Å². The van der Waals surface area contributed by atoms with Gasteiger partial charge in [0.1, 0.15) is 5.75 Å². The van der Waals surface area contributed by atoms with Gasteiger partial charge < -0.3 is 4.74 Å². The third kappa shape index (κ3) is 6.91. The fraction of sp³-hybridized carbons (Fsp3) is 0.385. The van der Waals surface area contributed by atoms with Gasteiger partial charge in [-0.3, -0.25) is 0 Å². The Labute approximate surface area is 113 Å². The summed E-state index contributed by atoms with van der Waals surface area (Å²) in [6.45, 7) is 7.93. The zero-order chi connectivity index (χ0) is 13.0. The average Bonchev–Trinajstić information content (AvgIpc) is 2.33. The van der Waals surface area contributed by atoms with E-state index in [1.165, 1.54) is 12.8 Å². The number of hydrogen-bond acceptors (Lipinski definition) is 1. The molecule has 0 saturated carbocycles. The molecule has 0 fully saturated rings. The Balaban J connectivity index is 0. The second-order valence-electron chi connectivity index (χ2n) is 2.77.